The number of nitrogens with one attached hydrogen (secondary N) is 1. The van der Waals surface area contributed by atoms with E-state index in [-0.39, 0.29) is 24.2 Å². The Hall–Kier alpha value is -2.71. The number of rotatable bonds is 4. The fraction of sp³-hybridized carbons (Fsp3) is 0.500. The van der Waals surface area contributed by atoms with Crippen LogP contribution in [0.4, 0.5) is 0 Å². The maximum Gasteiger partial charge on any atom is 0.303 e. The lowest BCUT2D eigenvalue weighted by atomic mass is 9.91. The molecular weight excluding hydrogens is 300 g/mol. The van der Waals surface area contributed by atoms with E-state index in [4.69, 9.17) is 5.11 Å². The molecule has 1 aliphatic rings. The van der Waals surface area contributed by atoms with Gasteiger partial charge in [-0.3, -0.25) is 9.59 Å². The van der Waals surface area contributed by atoms with Crippen molar-refractivity contribution in [3.05, 3.63) is 29.6 Å². The summed E-state index contributed by atoms with van der Waals surface area (Å²) in [6.45, 7) is 2.59. The summed E-state index contributed by atoms with van der Waals surface area (Å²) in [5.41, 5.74) is 1.88. The van der Waals surface area contributed by atoms with Crippen molar-refractivity contribution in [1.82, 2.24) is 29.9 Å². The van der Waals surface area contributed by atoms with E-state index in [9.17, 15) is 9.59 Å². The highest BCUT2D eigenvalue weighted by atomic mass is 16.4. The molecule has 2 aromatic rings. The van der Waals surface area contributed by atoms with Gasteiger partial charge in [0.05, 0.1) is 30.3 Å². The van der Waals surface area contributed by atoms with Crippen molar-refractivity contribution in [2.45, 2.75) is 19.3 Å². The van der Waals surface area contributed by atoms with Crippen molar-refractivity contribution >= 4 is 11.9 Å². The zero-order valence-corrected chi connectivity index (χ0v) is 12.9. The van der Waals surface area contributed by atoms with Crippen LogP contribution < -0.4 is 0 Å². The number of carbonyl (C=O) groups is 2. The Morgan fingerprint density at radius 2 is 2.22 bits per heavy atom. The average molecular weight is 318 g/mol. The van der Waals surface area contributed by atoms with Crippen molar-refractivity contribution in [2.24, 2.45) is 13.0 Å². The average Bonchev–Trinajstić information content (AvgIpc) is 3.18. The van der Waals surface area contributed by atoms with Crippen LogP contribution in [-0.2, 0) is 11.8 Å². The number of H-pyrrole nitrogens is 1. The number of hydrogen-bond donors (Lipinski definition) is 2. The van der Waals surface area contributed by atoms with Gasteiger partial charge in [0.2, 0.25) is 0 Å². The van der Waals surface area contributed by atoms with Crippen LogP contribution >= 0.6 is 0 Å². The highest BCUT2D eigenvalue weighted by Crippen LogP contribution is 2.34. The number of aromatic nitrogens is 5. The number of aryl methyl sites for hydroxylation is 2. The third-order valence-corrected chi connectivity index (χ3v) is 4.30. The molecule has 2 aromatic heterocycles. The first kappa shape index (κ1) is 15.2. The third kappa shape index (κ3) is 2.81. The van der Waals surface area contributed by atoms with Gasteiger partial charge in [-0.15, -0.1) is 0 Å². The van der Waals surface area contributed by atoms with Gasteiger partial charge in [0.25, 0.3) is 5.91 Å². The van der Waals surface area contributed by atoms with E-state index >= 15 is 0 Å². The highest BCUT2D eigenvalue weighted by molar-refractivity contribution is 5.94. The molecule has 122 valence electrons. The van der Waals surface area contributed by atoms with E-state index < -0.39 is 5.97 Å². The number of amides is 1. The van der Waals surface area contributed by atoms with Gasteiger partial charge in [0.1, 0.15) is 5.69 Å². The van der Waals surface area contributed by atoms with Crippen molar-refractivity contribution in [2.75, 3.05) is 13.1 Å². The number of aromatic amines is 1. The second kappa shape index (κ2) is 5.82. The molecule has 1 saturated heterocycles. The molecule has 0 aromatic carbocycles. The predicted molar refractivity (Wildman–Crippen MR) is 78.7 cm³/mol. The van der Waals surface area contributed by atoms with Crippen LogP contribution in [0.2, 0.25) is 0 Å². The van der Waals surface area contributed by atoms with Gasteiger partial charge in [0.15, 0.2) is 0 Å². The van der Waals surface area contributed by atoms with Crippen LogP contribution in [0.5, 0.6) is 0 Å². The van der Waals surface area contributed by atoms with E-state index in [0.717, 1.165) is 0 Å². The van der Waals surface area contributed by atoms with Crippen molar-refractivity contribution in [3.8, 4) is 0 Å². The number of likely N-dealkylation sites (tertiary alicyclic amines) is 1. The number of aliphatic carboxylic acids is 1. The van der Waals surface area contributed by atoms with Gasteiger partial charge in [-0.25, -0.2) is 4.98 Å². The molecule has 9 heteroatoms. The molecule has 23 heavy (non-hydrogen) atoms. The summed E-state index contributed by atoms with van der Waals surface area (Å²) >= 11 is 0. The van der Waals surface area contributed by atoms with E-state index in [1.165, 1.54) is 0 Å². The summed E-state index contributed by atoms with van der Waals surface area (Å²) in [5.74, 6) is -1.34. The topological polar surface area (TPSA) is 117 Å². The maximum absolute atomic E-state index is 12.8. The number of imidazole rings is 1. The van der Waals surface area contributed by atoms with Gasteiger partial charge in [-0.05, 0) is 12.8 Å². The molecule has 0 saturated carbocycles. The number of carbonyl (C=O) groups excluding carboxylic acids is 1. The fourth-order valence-electron chi connectivity index (χ4n) is 3.20. The minimum absolute atomic E-state index is 0.00826. The minimum atomic E-state index is -0.880. The summed E-state index contributed by atoms with van der Waals surface area (Å²) in [6.07, 6.45) is 3.18. The zero-order chi connectivity index (χ0) is 16.6. The molecule has 0 aliphatic carbocycles. The molecule has 2 N–H and O–H groups in total. The van der Waals surface area contributed by atoms with Crippen LogP contribution in [0.15, 0.2) is 12.5 Å². The molecule has 9 nitrogen and oxygen atoms in total. The van der Waals surface area contributed by atoms with Gasteiger partial charge in [0, 0.05) is 26.1 Å². The fourth-order valence-corrected chi connectivity index (χ4v) is 3.20. The smallest absolute Gasteiger partial charge is 0.303 e. The monoisotopic (exact) mass is 318 g/mol. The summed E-state index contributed by atoms with van der Waals surface area (Å²) in [5, 5.41) is 19.5. The van der Waals surface area contributed by atoms with Crippen LogP contribution in [0, 0.1) is 12.8 Å². The molecule has 3 heterocycles. The Balaban J connectivity index is 1.85. The summed E-state index contributed by atoms with van der Waals surface area (Å²) < 4.78 is 1.69. The molecule has 0 unspecified atom stereocenters. The number of carboxylic acid groups (broad SMARTS) is 1. The predicted octanol–water partition coefficient (Wildman–Crippen LogP) is 0.177. The lowest BCUT2D eigenvalue weighted by molar-refractivity contribution is -0.138. The van der Waals surface area contributed by atoms with E-state index in [1.807, 2.05) is 0 Å². The van der Waals surface area contributed by atoms with Gasteiger partial charge in [-0.1, -0.05) is 0 Å². The molecule has 3 rings (SSSR count). The molecule has 0 spiro atoms. The third-order valence-electron chi connectivity index (χ3n) is 4.30. The second-order valence-corrected chi connectivity index (χ2v) is 5.86. The zero-order valence-electron chi connectivity index (χ0n) is 12.9. The van der Waals surface area contributed by atoms with Crippen molar-refractivity contribution in [1.29, 1.82) is 0 Å². The molecule has 1 fully saturated rings. The Morgan fingerprint density at radius 3 is 2.78 bits per heavy atom. The van der Waals surface area contributed by atoms with Crippen molar-refractivity contribution in [3.63, 3.8) is 0 Å². The maximum atomic E-state index is 12.8. The highest BCUT2D eigenvalue weighted by Gasteiger charge is 2.39. The molecule has 1 amide bonds. The lowest BCUT2D eigenvalue weighted by Gasteiger charge is -2.16. The summed E-state index contributed by atoms with van der Waals surface area (Å²) in [4.78, 5) is 29.7. The Morgan fingerprint density at radius 1 is 1.43 bits per heavy atom. The van der Waals surface area contributed by atoms with Gasteiger partial charge < -0.3 is 14.6 Å². The largest absolute Gasteiger partial charge is 0.481 e. The lowest BCUT2D eigenvalue weighted by Crippen LogP contribution is -2.31. The standard InChI is InChI=1S/C14H18N6O3/c1-8-13(19(2)7-15-8)14(23)20-5-9(3-12(21)22)10(6-20)11-4-16-18-17-11/h4,7,9-10H,3,5-6H2,1-2H3,(H,21,22)(H,16,17,18)/t9-,10+/m1/s1. The first-order chi connectivity index (χ1) is 11.0. The molecule has 0 radical (unpaired) electrons. The number of nitrogens with zero attached hydrogens (tertiary/aromatic N) is 5. The van der Waals surface area contributed by atoms with Gasteiger partial charge >= 0.3 is 5.97 Å². The molecule has 0 bridgehead atoms. The van der Waals surface area contributed by atoms with Gasteiger partial charge in [-0.2, -0.15) is 15.4 Å². The van der Waals surface area contributed by atoms with Crippen LogP contribution in [-0.4, -0.2) is 59.9 Å². The first-order valence-corrected chi connectivity index (χ1v) is 7.32. The van der Waals surface area contributed by atoms with Crippen LogP contribution in [0.1, 0.15) is 34.2 Å². The summed E-state index contributed by atoms with van der Waals surface area (Å²) in [6, 6.07) is 0. The SMILES string of the molecule is Cc1ncn(C)c1C(=O)N1C[C@@H](CC(=O)O)[C@@H](c2cn[nH]n2)C1. The van der Waals surface area contributed by atoms with E-state index in [2.05, 4.69) is 20.4 Å². The summed E-state index contributed by atoms with van der Waals surface area (Å²) in [7, 11) is 1.77. The Bertz CT molecular complexity index is 703. The minimum Gasteiger partial charge on any atom is -0.481 e. The Kier molecular flexibility index (Phi) is 3.85. The number of carboxylic acids is 1. The quantitative estimate of drug-likeness (QED) is 0.830. The Labute approximate surface area is 132 Å². The molecular formula is C14H18N6O3. The molecule has 2 atom stereocenters. The van der Waals surface area contributed by atoms with Crippen molar-refractivity contribution < 1.29 is 14.7 Å². The number of hydrogen-bond acceptors (Lipinski definition) is 5. The first-order valence-electron chi connectivity index (χ1n) is 7.32. The second-order valence-electron chi connectivity index (χ2n) is 5.86. The normalized spacial score (nSPS) is 20.9. The van der Waals surface area contributed by atoms with E-state index in [1.54, 1.807) is 36.0 Å². The van der Waals surface area contributed by atoms with E-state index in [0.29, 0.717) is 30.2 Å². The van der Waals surface area contributed by atoms with Crippen LogP contribution in [0.25, 0.3) is 0 Å². The van der Waals surface area contributed by atoms with Crippen LogP contribution in [0.3, 0.4) is 0 Å². The molecule has 1 aliphatic heterocycles.